The van der Waals surface area contributed by atoms with Gasteiger partial charge in [0, 0.05) is 0 Å². The average Bonchev–Trinajstić information content (AvgIpc) is 2.03. The zero-order valence-corrected chi connectivity index (χ0v) is 6.75. The standard InChI is InChI=1S/C8H9NOS/c9-11(10)7-6-8-4-2-1-3-5-8/h1-7H,9H2/b7-6+. The zero-order valence-electron chi connectivity index (χ0n) is 5.94. The van der Waals surface area contributed by atoms with Gasteiger partial charge in [-0.05, 0) is 11.6 Å². The topological polar surface area (TPSA) is 49.1 Å². The van der Waals surface area contributed by atoms with Crippen LogP contribution < -0.4 is 5.14 Å². The molecule has 2 nitrogen and oxygen atoms in total. The molecule has 0 aliphatic carbocycles. The number of hydrogen-bond acceptors (Lipinski definition) is 2. The first-order valence-electron chi connectivity index (χ1n) is 3.17. The quantitative estimate of drug-likeness (QED) is 0.674. The minimum absolute atomic E-state index is 1.01. The highest BCUT2D eigenvalue weighted by molar-refractivity contribution is 7.92. The highest BCUT2D eigenvalue weighted by atomic mass is 32.2. The highest BCUT2D eigenvalue weighted by Crippen LogP contribution is 2.01. The fourth-order valence-corrected chi connectivity index (χ4v) is 1.00. The van der Waals surface area contributed by atoms with E-state index in [2.05, 4.69) is 0 Å². The molecule has 0 aromatic heterocycles. The van der Waals surface area contributed by atoms with Gasteiger partial charge >= 0.3 is 0 Å². The van der Waals surface area contributed by atoms with Gasteiger partial charge in [-0.3, -0.25) is 0 Å². The minimum atomic E-state index is -1.35. The molecular formula is C8H9NOS. The number of benzene rings is 1. The van der Waals surface area contributed by atoms with Crippen LogP contribution in [0.15, 0.2) is 35.7 Å². The third-order valence-electron chi connectivity index (χ3n) is 1.19. The van der Waals surface area contributed by atoms with Gasteiger partial charge in [0.05, 0.1) is 11.4 Å². The van der Waals surface area contributed by atoms with Crippen molar-refractivity contribution in [2.75, 3.05) is 0 Å². The van der Waals surface area contributed by atoms with Crippen molar-refractivity contribution in [1.82, 2.24) is 0 Å². The molecule has 0 saturated carbocycles. The first-order valence-corrected chi connectivity index (χ1v) is 4.45. The molecule has 58 valence electrons. The molecule has 1 atom stereocenters. The van der Waals surface area contributed by atoms with Crippen LogP contribution in [0.3, 0.4) is 0 Å². The Bertz CT molecular complexity index is 233. The van der Waals surface area contributed by atoms with Crippen molar-refractivity contribution in [2.24, 2.45) is 5.14 Å². The normalized spacial score (nSPS) is 13.6. The third kappa shape index (κ3) is 3.23. The lowest BCUT2D eigenvalue weighted by Crippen LogP contribution is -2.06. The van der Waals surface area contributed by atoms with Gasteiger partial charge in [-0.1, -0.05) is 30.3 Å². The van der Waals surface area contributed by atoms with E-state index in [-0.39, 0.29) is 0 Å². The van der Waals surface area contributed by atoms with E-state index < -0.39 is 11.4 Å². The average molecular weight is 167 g/mol. The molecule has 0 saturated heterocycles. The lowest BCUT2D eigenvalue weighted by molar-refractivity contribution is 0.605. The fraction of sp³-hybridized carbons (Fsp3) is 0. The van der Waals surface area contributed by atoms with E-state index >= 15 is 0 Å². The van der Waals surface area contributed by atoms with Gasteiger partial charge in [0.1, 0.15) is 5.41 Å². The van der Waals surface area contributed by atoms with Gasteiger partial charge < -0.3 is 4.55 Å². The molecule has 0 aliphatic rings. The number of hydrogen-bond donors (Lipinski definition) is 1. The van der Waals surface area contributed by atoms with Crippen molar-refractivity contribution in [3.05, 3.63) is 41.3 Å². The van der Waals surface area contributed by atoms with Crippen molar-refractivity contribution in [1.29, 1.82) is 0 Å². The van der Waals surface area contributed by atoms with Gasteiger partial charge in [0.25, 0.3) is 0 Å². The molecule has 2 N–H and O–H groups in total. The van der Waals surface area contributed by atoms with E-state index in [1.807, 2.05) is 30.3 Å². The molecule has 0 heterocycles. The molecule has 1 aromatic rings. The Morgan fingerprint density at radius 2 is 1.91 bits per heavy atom. The monoisotopic (exact) mass is 167 g/mol. The predicted molar refractivity (Wildman–Crippen MR) is 47.8 cm³/mol. The molecule has 0 radical (unpaired) electrons. The summed E-state index contributed by atoms with van der Waals surface area (Å²) in [6, 6.07) is 9.60. The molecule has 0 bridgehead atoms. The van der Waals surface area contributed by atoms with Gasteiger partial charge in [-0.2, -0.15) is 0 Å². The summed E-state index contributed by atoms with van der Waals surface area (Å²) in [6.45, 7) is 0. The van der Waals surface area contributed by atoms with E-state index in [0.717, 1.165) is 5.56 Å². The summed E-state index contributed by atoms with van der Waals surface area (Å²) in [5, 5.41) is 6.48. The first-order chi connectivity index (χ1) is 5.29. The maximum Gasteiger partial charge on any atom is 0.138 e. The molecule has 0 amide bonds. The fourth-order valence-electron chi connectivity index (χ4n) is 0.710. The number of nitrogens with two attached hydrogens (primary N) is 1. The molecule has 11 heavy (non-hydrogen) atoms. The molecule has 1 rings (SSSR count). The predicted octanol–water partition coefficient (Wildman–Crippen LogP) is 1.28. The van der Waals surface area contributed by atoms with Crippen LogP contribution in [-0.2, 0) is 11.4 Å². The van der Waals surface area contributed by atoms with E-state index in [9.17, 15) is 4.55 Å². The summed E-state index contributed by atoms with van der Waals surface area (Å²) in [7, 11) is 0. The Kier molecular flexibility index (Phi) is 3.16. The van der Waals surface area contributed by atoms with Crippen LogP contribution in [0.25, 0.3) is 6.08 Å². The largest absolute Gasteiger partial charge is 0.594 e. The van der Waals surface area contributed by atoms with Gasteiger partial charge in [0.15, 0.2) is 0 Å². The lowest BCUT2D eigenvalue weighted by atomic mass is 10.2. The lowest BCUT2D eigenvalue weighted by Gasteiger charge is -1.93. The van der Waals surface area contributed by atoms with E-state index in [0.29, 0.717) is 0 Å². The maximum atomic E-state index is 10.4. The smallest absolute Gasteiger partial charge is 0.138 e. The molecule has 0 aliphatic heterocycles. The van der Waals surface area contributed by atoms with Crippen LogP contribution in [0.5, 0.6) is 0 Å². The van der Waals surface area contributed by atoms with Crippen LogP contribution >= 0.6 is 0 Å². The van der Waals surface area contributed by atoms with E-state index in [1.165, 1.54) is 5.41 Å². The summed E-state index contributed by atoms with van der Waals surface area (Å²) in [5.74, 6) is 0. The molecule has 3 heteroatoms. The van der Waals surface area contributed by atoms with Crippen molar-refractivity contribution >= 4 is 17.4 Å². The van der Waals surface area contributed by atoms with Gasteiger partial charge in [-0.15, -0.1) is 5.14 Å². The zero-order chi connectivity index (χ0) is 8.10. The van der Waals surface area contributed by atoms with Crippen LogP contribution in [-0.4, -0.2) is 4.55 Å². The second kappa shape index (κ2) is 4.18. The van der Waals surface area contributed by atoms with Crippen molar-refractivity contribution in [3.8, 4) is 0 Å². The van der Waals surface area contributed by atoms with Gasteiger partial charge in [-0.25, -0.2) is 0 Å². The van der Waals surface area contributed by atoms with Crippen molar-refractivity contribution in [2.45, 2.75) is 0 Å². The SMILES string of the molecule is N[S+]([O-])/C=C/c1ccccc1. The van der Waals surface area contributed by atoms with Crippen LogP contribution in [0.2, 0.25) is 0 Å². The maximum absolute atomic E-state index is 10.4. The van der Waals surface area contributed by atoms with Gasteiger partial charge in [0.2, 0.25) is 0 Å². The third-order valence-corrected chi connectivity index (χ3v) is 1.60. The Labute approximate surface area is 69.0 Å². The second-order valence-electron chi connectivity index (χ2n) is 2.04. The molecule has 1 aromatic carbocycles. The molecule has 0 fully saturated rings. The molecule has 0 spiro atoms. The van der Waals surface area contributed by atoms with Crippen LogP contribution in [0.4, 0.5) is 0 Å². The van der Waals surface area contributed by atoms with Crippen LogP contribution in [0, 0.1) is 0 Å². The molecule has 1 unspecified atom stereocenters. The summed E-state index contributed by atoms with van der Waals surface area (Å²) in [6.07, 6.45) is 1.73. The Morgan fingerprint density at radius 1 is 1.27 bits per heavy atom. The summed E-state index contributed by atoms with van der Waals surface area (Å²) in [5.41, 5.74) is 1.01. The van der Waals surface area contributed by atoms with Crippen molar-refractivity contribution in [3.63, 3.8) is 0 Å². The second-order valence-corrected chi connectivity index (χ2v) is 2.97. The number of rotatable bonds is 2. The Balaban J connectivity index is 2.65. The Hall–Kier alpha value is -0.770. The van der Waals surface area contributed by atoms with Crippen LogP contribution in [0.1, 0.15) is 5.56 Å². The first kappa shape index (κ1) is 8.33. The summed E-state index contributed by atoms with van der Waals surface area (Å²) >= 11 is -1.35. The minimum Gasteiger partial charge on any atom is -0.594 e. The van der Waals surface area contributed by atoms with E-state index in [4.69, 9.17) is 5.14 Å². The summed E-state index contributed by atoms with van der Waals surface area (Å²) < 4.78 is 10.4. The summed E-state index contributed by atoms with van der Waals surface area (Å²) in [4.78, 5) is 0. The molecular weight excluding hydrogens is 158 g/mol. The Morgan fingerprint density at radius 3 is 2.45 bits per heavy atom. The van der Waals surface area contributed by atoms with E-state index in [1.54, 1.807) is 6.08 Å². The van der Waals surface area contributed by atoms with Crippen molar-refractivity contribution < 1.29 is 4.55 Å². The highest BCUT2D eigenvalue weighted by Gasteiger charge is 1.88.